The Hall–Kier alpha value is -0.870. The van der Waals surface area contributed by atoms with Gasteiger partial charge in [-0.15, -0.1) is 11.3 Å². The van der Waals surface area contributed by atoms with Crippen molar-refractivity contribution in [1.82, 2.24) is 4.90 Å². The maximum absolute atomic E-state index is 12.2. The van der Waals surface area contributed by atoms with Crippen molar-refractivity contribution >= 4 is 17.2 Å². The molecule has 0 bridgehead atoms. The molecule has 0 aromatic carbocycles. The van der Waals surface area contributed by atoms with Crippen LogP contribution in [0.4, 0.5) is 0 Å². The topological polar surface area (TPSA) is 46.3 Å². The molecule has 17 heavy (non-hydrogen) atoms. The second-order valence-corrected chi connectivity index (χ2v) is 5.38. The highest BCUT2D eigenvalue weighted by atomic mass is 32.1. The Morgan fingerprint density at radius 1 is 1.53 bits per heavy atom. The molecule has 2 N–H and O–H groups in total. The lowest BCUT2D eigenvalue weighted by Crippen LogP contribution is -2.46. The molecule has 1 aromatic heterocycles. The normalized spacial score (nSPS) is 14.4. The highest BCUT2D eigenvalue weighted by Crippen LogP contribution is 2.14. The molecule has 1 aromatic rings. The summed E-state index contributed by atoms with van der Waals surface area (Å²) in [5.74, 6) is 0.301. The minimum absolute atomic E-state index is 0.0650. The van der Waals surface area contributed by atoms with Crippen LogP contribution in [0.2, 0.25) is 0 Å². The number of thiophene rings is 1. The summed E-state index contributed by atoms with van der Waals surface area (Å²) in [6.07, 6.45) is 0.934. The van der Waals surface area contributed by atoms with Crippen molar-refractivity contribution < 1.29 is 4.79 Å². The zero-order valence-electron chi connectivity index (χ0n) is 10.8. The van der Waals surface area contributed by atoms with Crippen molar-refractivity contribution in [3.05, 3.63) is 22.4 Å². The van der Waals surface area contributed by atoms with Crippen LogP contribution in [-0.2, 0) is 11.3 Å². The Kier molecular flexibility index (Phi) is 5.65. The van der Waals surface area contributed by atoms with Gasteiger partial charge in [0.15, 0.2) is 0 Å². The quantitative estimate of drug-likeness (QED) is 0.847. The van der Waals surface area contributed by atoms with Gasteiger partial charge in [-0.3, -0.25) is 4.79 Å². The van der Waals surface area contributed by atoms with E-state index in [1.54, 1.807) is 11.3 Å². The average molecular weight is 254 g/mol. The number of nitrogens with two attached hydrogens (primary N) is 1. The van der Waals surface area contributed by atoms with Gasteiger partial charge in [-0.2, -0.15) is 0 Å². The first kappa shape index (κ1) is 14.2. The lowest BCUT2D eigenvalue weighted by Gasteiger charge is -2.26. The van der Waals surface area contributed by atoms with E-state index in [4.69, 9.17) is 5.73 Å². The molecule has 1 amide bonds. The predicted octanol–water partition coefficient (Wildman–Crippen LogP) is 2.47. The average Bonchev–Trinajstić information content (AvgIpc) is 2.85. The summed E-state index contributed by atoms with van der Waals surface area (Å²) in [5.41, 5.74) is 5.99. The van der Waals surface area contributed by atoms with Gasteiger partial charge in [-0.1, -0.05) is 26.3 Å². The summed E-state index contributed by atoms with van der Waals surface area (Å²) in [7, 11) is 0. The van der Waals surface area contributed by atoms with E-state index in [0.717, 1.165) is 6.42 Å². The molecular formula is C13H22N2OS. The number of nitrogens with zero attached hydrogens (tertiary/aromatic N) is 1. The number of rotatable bonds is 6. The third-order valence-electron chi connectivity index (χ3n) is 3.16. The molecule has 1 rings (SSSR count). The van der Waals surface area contributed by atoms with Crippen LogP contribution < -0.4 is 5.73 Å². The Labute approximate surface area is 108 Å². The first-order valence-corrected chi connectivity index (χ1v) is 7.04. The smallest absolute Gasteiger partial charge is 0.240 e. The number of hydrogen-bond acceptors (Lipinski definition) is 3. The summed E-state index contributed by atoms with van der Waals surface area (Å²) in [6.45, 7) is 7.47. The maximum atomic E-state index is 12.2. The largest absolute Gasteiger partial charge is 0.336 e. The molecule has 2 unspecified atom stereocenters. The van der Waals surface area contributed by atoms with E-state index in [1.165, 1.54) is 4.88 Å². The lowest BCUT2D eigenvalue weighted by molar-refractivity contribution is -0.134. The van der Waals surface area contributed by atoms with E-state index in [1.807, 2.05) is 30.2 Å². The van der Waals surface area contributed by atoms with Gasteiger partial charge in [-0.25, -0.2) is 0 Å². The van der Waals surface area contributed by atoms with Crippen molar-refractivity contribution in [3.63, 3.8) is 0 Å². The number of hydrogen-bond donors (Lipinski definition) is 1. The van der Waals surface area contributed by atoms with Gasteiger partial charge in [0.2, 0.25) is 5.91 Å². The standard InChI is InChI=1S/C13H22N2OS/c1-4-10(3)12(14)13(16)15(5-2)9-11-7-6-8-17-11/h6-8,10,12H,4-5,9,14H2,1-3H3. The van der Waals surface area contributed by atoms with Crippen LogP contribution in [0.5, 0.6) is 0 Å². The van der Waals surface area contributed by atoms with E-state index in [2.05, 4.69) is 13.0 Å². The third kappa shape index (κ3) is 3.82. The molecule has 0 aliphatic carbocycles. The molecule has 0 radical (unpaired) electrons. The maximum Gasteiger partial charge on any atom is 0.240 e. The summed E-state index contributed by atoms with van der Waals surface area (Å²) in [4.78, 5) is 15.2. The van der Waals surface area contributed by atoms with E-state index in [-0.39, 0.29) is 17.9 Å². The molecule has 3 nitrogen and oxygen atoms in total. The zero-order chi connectivity index (χ0) is 12.8. The Bertz CT molecular complexity index is 337. The number of likely N-dealkylation sites (N-methyl/N-ethyl adjacent to an activating group) is 1. The number of carbonyl (C=O) groups excluding carboxylic acids is 1. The van der Waals surface area contributed by atoms with E-state index in [9.17, 15) is 4.79 Å². The van der Waals surface area contributed by atoms with Crippen LogP contribution in [0.25, 0.3) is 0 Å². The van der Waals surface area contributed by atoms with Gasteiger partial charge < -0.3 is 10.6 Å². The first-order valence-electron chi connectivity index (χ1n) is 6.16. The van der Waals surface area contributed by atoms with Gasteiger partial charge in [0.1, 0.15) is 0 Å². The highest BCUT2D eigenvalue weighted by Gasteiger charge is 2.24. The molecule has 0 saturated heterocycles. The SMILES string of the molecule is CCC(C)C(N)C(=O)N(CC)Cc1cccs1. The molecule has 2 atom stereocenters. The Morgan fingerprint density at radius 2 is 2.24 bits per heavy atom. The second kappa shape index (κ2) is 6.77. The summed E-state index contributed by atoms with van der Waals surface area (Å²) >= 11 is 1.68. The minimum atomic E-state index is -0.375. The summed E-state index contributed by atoms with van der Waals surface area (Å²) in [5, 5.41) is 2.03. The van der Waals surface area contributed by atoms with Gasteiger partial charge in [0.05, 0.1) is 12.6 Å². The van der Waals surface area contributed by atoms with Crippen LogP contribution in [0.15, 0.2) is 17.5 Å². The van der Waals surface area contributed by atoms with Crippen molar-refractivity contribution in [2.75, 3.05) is 6.54 Å². The molecule has 96 valence electrons. The lowest BCUT2D eigenvalue weighted by atomic mass is 9.99. The molecule has 0 fully saturated rings. The Morgan fingerprint density at radius 3 is 2.71 bits per heavy atom. The fraction of sp³-hybridized carbons (Fsp3) is 0.615. The van der Waals surface area contributed by atoms with Crippen molar-refractivity contribution in [2.24, 2.45) is 11.7 Å². The second-order valence-electron chi connectivity index (χ2n) is 4.34. The summed E-state index contributed by atoms with van der Waals surface area (Å²) < 4.78 is 0. The van der Waals surface area contributed by atoms with E-state index < -0.39 is 0 Å². The van der Waals surface area contributed by atoms with E-state index in [0.29, 0.717) is 13.1 Å². The van der Waals surface area contributed by atoms with Gasteiger partial charge >= 0.3 is 0 Å². The number of carbonyl (C=O) groups is 1. The first-order chi connectivity index (χ1) is 8.10. The highest BCUT2D eigenvalue weighted by molar-refractivity contribution is 7.09. The predicted molar refractivity (Wildman–Crippen MR) is 72.8 cm³/mol. The third-order valence-corrected chi connectivity index (χ3v) is 4.02. The van der Waals surface area contributed by atoms with Gasteiger partial charge in [0.25, 0.3) is 0 Å². The van der Waals surface area contributed by atoms with Crippen LogP contribution >= 0.6 is 11.3 Å². The van der Waals surface area contributed by atoms with Crippen molar-refractivity contribution in [3.8, 4) is 0 Å². The Balaban J connectivity index is 2.64. The van der Waals surface area contributed by atoms with Crippen LogP contribution in [0, 0.1) is 5.92 Å². The number of amides is 1. The molecule has 0 aliphatic rings. The van der Waals surface area contributed by atoms with Crippen molar-refractivity contribution in [1.29, 1.82) is 0 Å². The molecule has 4 heteroatoms. The fourth-order valence-electron chi connectivity index (χ4n) is 1.64. The van der Waals surface area contributed by atoms with Crippen LogP contribution in [-0.4, -0.2) is 23.4 Å². The van der Waals surface area contributed by atoms with E-state index >= 15 is 0 Å². The molecule has 0 saturated carbocycles. The molecule has 0 aliphatic heterocycles. The van der Waals surface area contributed by atoms with Crippen molar-refractivity contribution in [2.45, 2.75) is 39.8 Å². The molecular weight excluding hydrogens is 232 g/mol. The fourth-order valence-corrected chi connectivity index (χ4v) is 2.36. The van der Waals surface area contributed by atoms with Gasteiger partial charge in [0, 0.05) is 11.4 Å². The summed E-state index contributed by atoms with van der Waals surface area (Å²) in [6, 6.07) is 3.68. The van der Waals surface area contributed by atoms with Gasteiger partial charge in [-0.05, 0) is 24.3 Å². The molecule has 0 spiro atoms. The molecule has 1 heterocycles. The zero-order valence-corrected chi connectivity index (χ0v) is 11.7. The van der Waals surface area contributed by atoms with Crippen LogP contribution in [0.1, 0.15) is 32.1 Å². The van der Waals surface area contributed by atoms with Crippen LogP contribution in [0.3, 0.4) is 0 Å². The monoisotopic (exact) mass is 254 g/mol. The minimum Gasteiger partial charge on any atom is -0.336 e.